The molecule has 0 radical (unpaired) electrons. The second-order valence-electron chi connectivity index (χ2n) is 25.4. The van der Waals surface area contributed by atoms with Crippen LogP contribution in [0.2, 0.25) is 20.1 Å². The molecule has 3 aromatic carbocycles. The molecule has 8 rings (SSSR count). The number of rotatable bonds is 16. The molecular formula is C65H92Cl4N6O17S. The SMILES string of the molecule is CC[C@H]1OC(=O)[C@H](C)[C@@H](O[C@H]2C[C@@](C)(OC)[C@@H](O)[C@H](C)O2)[C@H](C)[C@@H](O[C@@H]2O[C@H](C)C[C@H](N(C)C)[C@H]2O)[C@](C)(O)C[C@@H](C)C(=O)[C@H](C)[C@@H](O)[C@]1(C)O.Cc1cc(NS(=O)(=O)c2ccc(N)cc2)no1.Clc1ccc(COC(Cn2ccnc2)c2ccc(Cl)cc2Cl)c(Cl)c1. The quantitative estimate of drug-likeness (QED) is 0.0357. The molecular weight excluding hydrogens is 1310 g/mol. The number of nitrogens with one attached hydrogen (secondary N) is 1. The van der Waals surface area contributed by atoms with Crippen molar-refractivity contribution in [1.82, 2.24) is 19.6 Å². The average molecular weight is 1400 g/mol. The number of esters is 1. The van der Waals surface area contributed by atoms with Gasteiger partial charge in [-0.15, -0.1) is 0 Å². The topological polar surface area (TPSA) is 319 Å². The molecule has 3 aliphatic heterocycles. The Bertz CT molecular complexity index is 3330. The van der Waals surface area contributed by atoms with Crippen LogP contribution >= 0.6 is 46.4 Å². The smallest absolute Gasteiger partial charge is 0.311 e. The molecule has 0 saturated carbocycles. The zero-order valence-electron chi connectivity index (χ0n) is 55.0. The molecule has 0 aliphatic carbocycles. The molecule has 19 atom stereocenters. The molecule has 3 saturated heterocycles. The van der Waals surface area contributed by atoms with E-state index in [0.29, 0.717) is 51.1 Å². The number of likely N-dealkylation sites (N-methyl/N-ethyl adjacent to an activating group) is 1. The van der Waals surface area contributed by atoms with Gasteiger partial charge in [-0.05, 0) is 136 Å². The molecule has 0 spiro atoms. The van der Waals surface area contributed by atoms with Gasteiger partial charge in [0.2, 0.25) is 0 Å². The van der Waals surface area contributed by atoms with Gasteiger partial charge in [0.15, 0.2) is 18.4 Å². The van der Waals surface area contributed by atoms with Crippen LogP contribution in [-0.2, 0) is 65.9 Å². The highest BCUT2D eigenvalue weighted by molar-refractivity contribution is 7.92. The van der Waals surface area contributed by atoms with E-state index in [1.165, 1.54) is 58.2 Å². The van der Waals surface area contributed by atoms with E-state index in [1.54, 1.807) is 85.3 Å². The summed E-state index contributed by atoms with van der Waals surface area (Å²) < 4.78 is 76.0. The molecule has 1 unspecified atom stereocenters. The molecule has 8 N–H and O–H groups in total. The van der Waals surface area contributed by atoms with Crippen molar-refractivity contribution in [2.75, 3.05) is 31.7 Å². The normalized spacial score (nSPS) is 32.7. The van der Waals surface area contributed by atoms with Crippen LogP contribution in [0.4, 0.5) is 11.5 Å². The van der Waals surface area contributed by atoms with Crippen LogP contribution in [0, 0.1) is 30.6 Å². The second kappa shape index (κ2) is 33.1. The molecule has 0 bridgehead atoms. The van der Waals surface area contributed by atoms with Crippen molar-refractivity contribution in [3.8, 4) is 0 Å². The number of anilines is 2. The number of carbonyl (C=O) groups is 2. The van der Waals surface area contributed by atoms with Crippen LogP contribution in [0.1, 0.15) is 118 Å². The van der Waals surface area contributed by atoms with Crippen LogP contribution < -0.4 is 10.5 Å². The minimum Gasteiger partial charge on any atom is -0.459 e. The molecule has 23 nitrogen and oxygen atoms in total. The number of benzene rings is 3. The van der Waals surface area contributed by atoms with Crippen LogP contribution in [0.3, 0.4) is 0 Å². The molecule has 5 heterocycles. The van der Waals surface area contributed by atoms with E-state index in [-0.39, 0.29) is 48.2 Å². The summed E-state index contributed by atoms with van der Waals surface area (Å²) in [5, 5.41) is 63.5. The van der Waals surface area contributed by atoms with Crippen molar-refractivity contribution >= 4 is 79.7 Å². The lowest BCUT2D eigenvalue weighted by Gasteiger charge is -2.49. The van der Waals surface area contributed by atoms with Crippen molar-refractivity contribution in [3.05, 3.63) is 122 Å². The third-order valence-electron chi connectivity index (χ3n) is 17.6. The fraction of sp³-hybridized carbons (Fsp3) is 0.600. The summed E-state index contributed by atoms with van der Waals surface area (Å²) >= 11 is 24.5. The lowest BCUT2D eigenvalue weighted by Crippen LogP contribution is -2.61. The number of halogens is 4. The number of imidazole rings is 1. The lowest BCUT2D eigenvalue weighted by molar-refractivity contribution is -0.318. The van der Waals surface area contributed by atoms with Crippen molar-refractivity contribution < 1.29 is 81.2 Å². The Morgan fingerprint density at radius 2 is 1.51 bits per heavy atom. The Balaban J connectivity index is 0.000000265. The van der Waals surface area contributed by atoms with E-state index in [1.807, 2.05) is 48.8 Å². The molecule has 3 fully saturated rings. The summed E-state index contributed by atoms with van der Waals surface area (Å²) in [4.78, 5) is 33.9. The molecule has 93 heavy (non-hydrogen) atoms. The predicted octanol–water partition coefficient (Wildman–Crippen LogP) is 9.61. The number of nitrogens with two attached hydrogens (primary N) is 1. The lowest BCUT2D eigenvalue weighted by atomic mass is 9.74. The van der Waals surface area contributed by atoms with Gasteiger partial charge < -0.3 is 78.4 Å². The summed E-state index contributed by atoms with van der Waals surface area (Å²) in [6, 6.07) is 17.7. The van der Waals surface area contributed by atoms with Crippen molar-refractivity contribution in [1.29, 1.82) is 0 Å². The zero-order valence-corrected chi connectivity index (χ0v) is 58.8. The number of aryl methyl sites for hydroxylation is 1. The molecule has 518 valence electrons. The Labute approximate surface area is 565 Å². The summed E-state index contributed by atoms with van der Waals surface area (Å²) in [7, 11) is 1.53. The van der Waals surface area contributed by atoms with Gasteiger partial charge in [-0.2, -0.15) is 0 Å². The van der Waals surface area contributed by atoms with Gasteiger partial charge in [0, 0.05) is 87.1 Å². The molecule has 28 heteroatoms. The van der Waals surface area contributed by atoms with Crippen LogP contribution in [0.25, 0.3) is 0 Å². The Morgan fingerprint density at radius 3 is 2.08 bits per heavy atom. The number of sulfonamides is 1. The van der Waals surface area contributed by atoms with E-state index in [2.05, 4.69) is 14.9 Å². The number of aliphatic hydroxyl groups is 5. The number of aliphatic hydroxyl groups excluding tert-OH is 3. The maximum atomic E-state index is 14.1. The van der Waals surface area contributed by atoms with Gasteiger partial charge in [0.05, 0.1) is 72.0 Å². The Kier molecular flexibility index (Phi) is 27.6. The number of aromatic nitrogens is 3. The number of nitrogens with zero attached hydrogens (tertiary/aromatic N) is 4. The molecule has 2 aromatic heterocycles. The largest absolute Gasteiger partial charge is 0.459 e. The van der Waals surface area contributed by atoms with E-state index >= 15 is 0 Å². The van der Waals surface area contributed by atoms with Gasteiger partial charge in [-0.25, -0.2) is 13.4 Å². The molecule has 0 amide bonds. The highest BCUT2D eigenvalue weighted by atomic mass is 35.5. The maximum absolute atomic E-state index is 14.1. The second-order valence-corrected chi connectivity index (χ2v) is 28.8. The number of Topliss-reactive ketones (excluding diaryl/α,β-unsaturated/α-hetero) is 1. The highest BCUT2D eigenvalue weighted by Gasteiger charge is 2.54. The minimum absolute atomic E-state index is 0.0936. The fourth-order valence-corrected chi connectivity index (χ4v) is 14.1. The number of ketones is 1. The first-order valence-electron chi connectivity index (χ1n) is 30.8. The fourth-order valence-electron chi connectivity index (χ4n) is 12.1. The van der Waals surface area contributed by atoms with Crippen LogP contribution in [0.15, 0.2) is 94.9 Å². The molecule has 5 aromatic rings. The third kappa shape index (κ3) is 20.1. The van der Waals surface area contributed by atoms with Gasteiger partial charge in [0.25, 0.3) is 10.0 Å². The minimum atomic E-state index is -3.64. The maximum Gasteiger partial charge on any atom is 0.311 e. The van der Waals surface area contributed by atoms with Gasteiger partial charge in [0.1, 0.15) is 41.6 Å². The van der Waals surface area contributed by atoms with Crippen LogP contribution in [-0.4, -0.2) is 171 Å². The Hall–Kier alpha value is -4.55. The van der Waals surface area contributed by atoms with Crippen molar-refractivity contribution in [2.45, 2.75) is 210 Å². The third-order valence-corrected chi connectivity index (χ3v) is 20.1. The zero-order chi connectivity index (χ0) is 69.2. The summed E-state index contributed by atoms with van der Waals surface area (Å²) in [5.41, 5.74) is 2.85. The van der Waals surface area contributed by atoms with Crippen LogP contribution in [0.5, 0.6) is 0 Å². The first kappa shape index (κ1) is 77.5. The monoisotopic (exact) mass is 1400 g/mol. The summed E-state index contributed by atoms with van der Waals surface area (Å²) in [6.07, 6.45) is -4.67. The number of nitrogen functional groups attached to an aromatic ring is 1. The molecule has 3 aliphatic rings. The van der Waals surface area contributed by atoms with Crippen molar-refractivity contribution in [3.63, 3.8) is 0 Å². The van der Waals surface area contributed by atoms with E-state index < -0.39 is 118 Å². The number of hydrogen-bond acceptors (Lipinski definition) is 21. The number of carbonyl (C=O) groups excluding carboxylic acids is 2. The predicted molar refractivity (Wildman–Crippen MR) is 352 cm³/mol. The van der Waals surface area contributed by atoms with E-state index in [9.17, 15) is 43.5 Å². The number of cyclic esters (lactones) is 1. The standard InChI is InChI=1S/C37H67NO13.C18H14Cl4N2O.C10H11N3O3S/c1-14-25-37(10,45)30(41)20(4)27(39)18(2)16-35(8,44)32(51-34-28(40)24(38(11)12)15-19(3)47-34)21(5)29(22(6)33(43)49-25)50-26-17-36(9,46-13)31(42)23(7)48-26;19-13-2-1-12(16(21)7-13)10-25-18(9-24-6-5-23-11-24)15-4-3-14(20)8-17(15)22;1-7-6-10(12-16-7)13-17(14,15)9-4-2-8(11)3-5-9/h18-26,28-32,34,40-42,44-45H,14-17H2,1-13H3;1-8,11,18H,9-10H2;2-6H,11H2,1H3,(H,12,13)/t18-,19-,20+,21+,22-,23+,24+,25-,26+,28-,29+,30-,31+,32-,34+,35-,36-,37-;;/m1../s1. The average Bonchev–Trinajstić information content (AvgIpc) is 1.78. The van der Waals surface area contributed by atoms with Gasteiger partial charge in [-0.1, -0.05) is 91.4 Å². The first-order valence-corrected chi connectivity index (χ1v) is 33.8. The van der Waals surface area contributed by atoms with E-state index in [0.717, 1.165) is 11.1 Å². The van der Waals surface area contributed by atoms with Gasteiger partial charge >= 0.3 is 5.97 Å². The first-order chi connectivity index (χ1) is 43.4. The number of hydrogen-bond donors (Lipinski definition) is 7. The van der Waals surface area contributed by atoms with Crippen molar-refractivity contribution in [2.24, 2.45) is 23.7 Å². The number of methoxy groups -OCH3 is 1. The summed E-state index contributed by atoms with van der Waals surface area (Å²) in [5.74, 6) is -4.30. The van der Waals surface area contributed by atoms with Gasteiger partial charge in [-0.3, -0.25) is 14.3 Å². The Morgan fingerprint density at radius 1 is 0.860 bits per heavy atom. The van der Waals surface area contributed by atoms with E-state index in [4.69, 9.17) is 89.8 Å². The summed E-state index contributed by atoms with van der Waals surface area (Å²) in [6.45, 7) is 18.9. The number of ether oxygens (including phenoxy) is 7. The highest BCUT2D eigenvalue weighted by Crippen LogP contribution is 2.42.